The molecule has 0 saturated heterocycles. The van der Waals surface area contributed by atoms with Crippen molar-refractivity contribution in [1.29, 1.82) is 0 Å². The molecule has 4 aromatic rings. The van der Waals surface area contributed by atoms with Crippen molar-refractivity contribution in [3.63, 3.8) is 0 Å². The Labute approximate surface area is 143 Å². The topological polar surface area (TPSA) is 83.8 Å². The molecule has 0 amide bonds. The molecular weight excluding hydrogens is 316 g/mol. The monoisotopic (exact) mass is 332 g/mol. The lowest BCUT2D eigenvalue weighted by atomic mass is 10.0. The molecule has 124 valence electrons. The number of nitrogens with one attached hydrogen (secondary N) is 2. The normalized spacial score (nSPS) is 10.9. The Morgan fingerprint density at radius 1 is 1.16 bits per heavy atom. The number of H-pyrrole nitrogens is 1. The first-order valence-electron chi connectivity index (χ1n) is 7.93. The molecule has 0 atom stereocenters. The van der Waals surface area contributed by atoms with Crippen LogP contribution < -0.4 is 10.9 Å². The first-order valence-corrected chi connectivity index (χ1v) is 7.93. The predicted octanol–water partition coefficient (Wildman–Crippen LogP) is 3.50. The van der Waals surface area contributed by atoms with Gasteiger partial charge in [-0.25, -0.2) is 4.98 Å². The van der Waals surface area contributed by atoms with Gasteiger partial charge in [0.05, 0.1) is 18.2 Å². The molecule has 2 N–H and O–H groups in total. The van der Waals surface area contributed by atoms with Crippen LogP contribution in [0, 0.1) is 6.92 Å². The van der Waals surface area contributed by atoms with Gasteiger partial charge in [-0.15, -0.1) is 0 Å². The van der Waals surface area contributed by atoms with Gasteiger partial charge in [-0.1, -0.05) is 29.8 Å². The fourth-order valence-electron chi connectivity index (χ4n) is 2.70. The lowest BCUT2D eigenvalue weighted by Crippen LogP contribution is -2.14. The van der Waals surface area contributed by atoms with Gasteiger partial charge in [0.15, 0.2) is 5.65 Å². The summed E-state index contributed by atoms with van der Waals surface area (Å²) in [6, 6.07) is 13.5. The minimum absolute atomic E-state index is 0.226. The molecule has 0 aliphatic carbocycles. The SMILES string of the molecule is Cc1ccc(-c2ccnc3nc(NCc4ccco4)[nH]c(=O)c23)cc1. The van der Waals surface area contributed by atoms with Gasteiger partial charge < -0.3 is 9.73 Å². The van der Waals surface area contributed by atoms with Gasteiger partial charge in [0.25, 0.3) is 5.56 Å². The van der Waals surface area contributed by atoms with Gasteiger partial charge in [-0.2, -0.15) is 4.98 Å². The zero-order chi connectivity index (χ0) is 17.2. The Morgan fingerprint density at radius 2 is 2.00 bits per heavy atom. The van der Waals surface area contributed by atoms with Gasteiger partial charge in [-0.3, -0.25) is 9.78 Å². The second kappa shape index (κ2) is 6.24. The highest BCUT2D eigenvalue weighted by Crippen LogP contribution is 2.24. The summed E-state index contributed by atoms with van der Waals surface area (Å²) in [5.74, 6) is 1.12. The molecule has 0 aliphatic heterocycles. The molecule has 0 saturated carbocycles. The highest BCUT2D eigenvalue weighted by atomic mass is 16.3. The average Bonchev–Trinajstić information content (AvgIpc) is 3.14. The summed E-state index contributed by atoms with van der Waals surface area (Å²) in [5, 5.41) is 3.53. The summed E-state index contributed by atoms with van der Waals surface area (Å²) in [4.78, 5) is 24.1. The maximum atomic E-state index is 12.6. The van der Waals surface area contributed by atoms with Crippen LogP contribution in [-0.4, -0.2) is 15.0 Å². The third kappa shape index (κ3) is 3.01. The number of rotatable bonds is 4. The summed E-state index contributed by atoms with van der Waals surface area (Å²) in [6.45, 7) is 2.46. The number of hydrogen-bond donors (Lipinski definition) is 2. The molecule has 0 unspecified atom stereocenters. The highest BCUT2D eigenvalue weighted by molar-refractivity contribution is 5.92. The number of aryl methyl sites for hydroxylation is 1. The van der Waals surface area contributed by atoms with E-state index in [1.807, 2.05) is 49.4 Å². The van der Waals surface area contributed by atoms with E-state index in [1.54, 1.807) is 12.5 Å². The summed E-state index contributed by atoms with van der Waals surface area (Å²) in [6.07, 6.45) is 3.27. The first kappa shape index (κ1) is 15.1. The molecule has 6 nitrogen and oxygen atoms in total. The van der Waals surface area contributed by atoms with E-state index in [4.69, 9.17) is 4.42 Å². The Kier molecular flexibility index (Phi) is 3.78. The molecule has 25 heavy (non-hydrogen) atoms. The molecule has 0 spiro atoms. The van der Waals surface area contributed by atoms with Crippen LogP contribution in [0.15, 0.2) is 64.1 Å². The lowest BCUT2D eigenvalue weighted by molar-refractivity contribution is 0.517. The largest absolute Gasteiger partial charge is 0.467 e. The molecule has 6 heteroatoms. The summed E-state index contributed by atoms with van der Waals surface area (Å²) in [5.41, 5.74) is 3.12. The van der Waals surface area contributed by atoms with Crippen LogP contribution in [-0.2, 0) is 6.54 Å². The van der Waals surface area contributed by atoms with Crippen molar-refractivity contribution in [1.82, 2.24) is 15.0 Å². The number of hydrogen-bond acceptors (Lipinski definition) is 5. The van der Waals surface area contributed by atoms with Gasteiger partial charge in [0.2, 0.25) is 5.95 Å². The van der Waals surface area contributed by atoms with E-state index in [-0.39, 0.29) is 5.56 Å². The molecule has 4 rings (SSSR count). The van der Waals surface area contributed by atoms with Crippen LogP contribution in [0.5, 0.6) is 0 Å². The van der Waals surface area contributed by atoms with Crippen LogP contribution >= 0.6 is 0 Å². The van der Waals surface area contributed by atoms with Crippen molar-refractivity contribution in [3.05, 3.63) is 76.6 Å². The van der Waals surface area contributed by atoms with Crippen molar-refractivity contribution >= 4 is 17.0 Å². The lowest BCUT2D eigenvalue weighted by Gasteiger charge is -2.08. The minimum atomic E-state index is -0.226. The van der Waals surface area contributed by atoms with Crippen molar-refractivity contribution < 1.29 is 4.42 Å². The second-order valence-corrected chi connectivity index (χ2v) is 5.77. The number of fused-ring (bicyclic) bond motifs is 1. The van der Waals surface area contributed by atoms with Gasteiger partial charge in [0, 0.05) is 6.20 Å². The average molecular weight is 332 g/mol. The quantitative estimate of drug-likeness (QED) is 0.597. The molecule has 0 fully saturated rings. The summed E-state index contributed by atoms with van der Waals surface area (Å²) >= 11 is 0. The number of benzene rings is 1. The molecule has 0 aliphatic rings. The summed E-state index contributed by atoms with van der Waals surface area (Å²) < 4.78 is 5.26. The van der Waals surface area contributed by atoms with Gasteiger partial charge in [-0.05, 0) is 36.2 Å². The van der Waals surface area contributed by atoms with E-state index < -0.39 is 0 Å². The molecule has 0 radical (unpaired) electrons. The third-order valence-electron chi connectivity index (χ3n) is 3.98. The van der Waals surface area contributed by atoms with Crippen molar-refractivity contribution in [2.24, 2.45) is 0 Å². The maximum Gasteiger partial charge on any atom is 0.262 e. The Hall–Kier alpha value is -3.41. The van der Waals surface area contributed by atoms with Crippen LogP contribution in [0.4, 0.5) is 5.95 Å². The number of aromatic nitrogens is 3. The maximum absolute atomic E-state index is 12.6. The number of pyridine rings is 1. The molecule has 3 aromatic heterocycles. The fourth-order valence-corrected chi connectivity index (χ4v) is 2.70. The number of anilines is 1. The van der Waals surface area contributed by atoms with Crippen LogP contribution in [0.3, 0.4) is 0 Å². The van der Waals surface area contributed by atoms with Crippen LogP contribution in [0.1, 0.15) is 11.3 Å². The first-order chi connectivity index (χ1) is 12.2. The highest BCUT2D eigenvalue weighted by Gasteiger charge is 2.11. The van der Waals surface area contributed by atoms with Gasteiger partial charge in [0.1, 0.15) is 5.76 Å². The van der Waals surface area contributed by atoms with Gasteiger partial charge >= 0.3 is 0 Å². The van der Waals surface area contributed by atoms with Crippen LogP contribution in [0.2, 0.25) is 0 Å². The van der Waals surface area contributed by atoms with E-state index >= 15 is 0 Å². The van der Waals surface area contributed by atoms with E-state index in [0.717, 1.165) is 16.9 Å². The van der Waals surface area contributed by atoms with E-state index in [1.165, 1.54) is 5.56 Å². The predicted molar refractivity (Wildman–Crippen MR) is 96.4 cm³/mol. The van der Waals surface area contributed by atoms with E-state index in [9.17, 15) is 4.79 Å². The number of aromatic amines is 1. The standard InChI is InChI=1S/C19H16N4O2/c1-12-4-6-13(7-5-12)15-8-9-20-17-16(15)18(24)23-19(22-17)21-11-14-3-2-10-25-14/h2-10H,11H2,1H3,(H2,20,21,22,23,24). The van der Waals surface area contributed by atoms with Crippen molar-refractivity contribution in [2.75, 3.05) is 5.32 Å². The Balaban J connectivity index is 1.75. The van der Waals surface area contributed by atoms with E-state index in [0.29, 0.717) is 23.5 Å². The molecular formula is C19H16N4O2. The second-order valence-electron chi connectivity index (χ2n) is 5.77. The smallest absolute Gasteiger partial charge is 0.262 e. The molecule has 3 heterocycles. The Morgan fingerprint density at radius 3 is 2.76 bits per heavy atom. The minimum Gasteiger partial charge on any atom is -0.467 e. The number of nitrogens with zero attached hydrogens (tertiary/aromatic N) is 2. The Bertz CT molecular complexity index is 1070. The molecule has 1 aromatic carbocycles. The number of furan rings is 1. The molecule has 0 bridgehead atoms. The summed E-state index contributed by atoms with van der Waals surface area (Å²) in [7, 11) is 0. The van der Waals surface area contributed by atoms with Crippen molar-refractivity contribution in [2.45, 2.75) is 13.5 Å². The zero-order valence-corrected chi connectivity index (χ0v) is 13.6. The fraction of sp³-hybridized carbons (Fsp3) is 0.105. The van der Waals surface area contributed by atoms with Crippen LogP contribution in [0.25, 0.3) is 22.2 Å². The van der Waals surface area contributed by atoms with Crippen molar-refractivity contribution in [3.8, 4) is 11.1 Å². The zero-order valence-electron chi connectivity index (χ0n) is 13.6. The third-order valence-corrected chi connectivity index (χ3v) is 3.98. The van der Waals surface area contributed by atoms with E-state index in [2.05, 4.69) is 20.3 Å².